The van der Waals surface area contributed by atoms with Crippen LogP contribution in [-0.2, 0) is 0 Å². The summed E-state index contributed by atoms with van der Waals surface area (Å²) in [6.45, 7) is 5.27. The molecule has 1 rings (SSSR count). The molecule has 0 atom stereocenters. The number of allylic oxidation sites excluding steroid dienone is 1. The molecule has 1 saturated heterocycles. The lowest BCUT2D eigenvalue weighted by Crippen LogP contribution is -2.33. The topological polar surface area (TPSA) is 27.0 Å². The molecule has 0 radical (unpaired) electrons. The van der Waals surface area contributed by atoms with E-state index in [-0.39, 0.29) is 0 Å². The third-order valence-electron chi connectivity index (χ3n) is 2.37. The van der Waals surface area contributed by atoms with E-state index in [9.17, 15) is 0 Å². The van der Waals surface area contributed by atoms with Crippen LogP contribution in [0, 0.1) is 17.2 Å². The van der Waals surface area contributed by atoms with E-state index < -0.39 is 0 Å². The van der Waals surface area contributed by atoms with Gasteiger partial charge in [0.25, 0.3) is 0 Å². The number of hydrogen-bond acceptors (Lipinski definition) is 2. The van der Waals surface area contributed by atoms with Gasteiger partial charge in [0, 0.05) is 12.5 Å². The monoisotopic (exact) mass is 164 g/mol. The maximum absolute atomic E-state index is 8.67. The largest absolute Gasteiger partial charge is 0.300 e. The highest BCUT2D eigenvalue weighted by Crippen LogP contribution is 2.15. The first-order valence-electron chi connectivity index (χ1n) is 4.60. The molecule has 0 N–H and O–H groups in total. The molecule has 0 aromatic rings. The van der Waals surface area contributed by atoms with Crippen LogP contribution in [-0.4, -0.2) is 24.5 Å². The van der Waals surface area contributed by atoms with Crippen LogP contribution in [0.15, 0.2) is 12.2 Å². The summed E-state index contributed by atoms with van der Waals surface area (Å²) in [5.74, 6) is 0.312. The van der Waals surface area contributed by atoms with Gasteiger partial charge in [-0.15, -0.1) is 0 Å². The summed E-state index contributed by atoms with van der Waals surface area (Å²) < 4.78 is 0. The zero-order chi connectivity index (χ0) is 8.81. The Morgan fingerprint density at radius 3 is 2.67 bits per heavy atom. The van der Waals surface area contributed by atoms with Crippen LogP contribution in [0.4, 0.5) is 0 Å². The Labute approximate surface area is 74.5 Å². The molecule has 0 aliphatic carbocycles. The normalized spacial score (nSPS) is 21.3. The summed E-state index contributed by atoms with van der Waals surface area (Å²) in [6, 6.07) is 2.34. The quantitative estimate of drug-likeness (QED) is 0.582. The van der Waals surface area contributed by atoms with E-state index in [4.69, 9.17) is 5.26 Å². The molecule has 1 aliphatic rings. The molecule has 0 unspecified atom stereocenters. The number of nitriles is 1. The Hall–Kier alpha value is -0.810. The standard InChI is InChI=1S/C10H16N2/c1-2-3-6-12-7-4-10(9-11)5-8-12/h2-3,10H,4-8H2,1H3/b3-2+. The fourth-order valence-electron chi connectivity index (χ4n) is 1.50. The van der Waals surface area contributed by atoms with Gasteiger partial charge in [-0.3, -0.25) is 4.90 Å². The Balaban J connectivity index is 2.22. The molecule has 0 saturated carbocycles. The van der Waals surface area contributed by atoms with Gasteiger partial charge in [-0.25, -0.2) is 0 Å². The predicted molar refractivity (Wildman–Crippen MR) is 49.6 cm³/mol. The lowest BCUT2D eigenvalue weighted by atomic mass is 9.99. The Kier molecular flexibility index (Phi) is 3.83. The summed E-state index contributed by atoms with van der Waals surface area (Å²) >= 11 is 0. The van der Waals surface area contributed by atoms with Crippen molar-refractivity contribution in [2.24, 2.45) is 5.92 Å². The third-order valence-corrected chi connectivity index (χ3v) is 2.37. The summed E-state index contributed by atoms with van der Waals surface area (Å²) in [7, 11) is 0. The Bertz CT molecular complexity index is 183. The van der Waals surface area contributed by atoms with Gasteiger partial charge in [-0.2, -0.15) is 5.26 Å². The fraction of sp³-hybridized carbons (Fsp3) is 0.700. The van der Waals surface area contributed by atoms with Crippen molar-refractivity contribution in [3.63, 3.8) is 0 Å². The minimum atomic E-state index is 0.312. The zero-order valence-electron chi connectivity index (χ0n) is 7.66. The molecule has 1 aliphatic heterocycles. The first kappa shape index (κ1) is 9.28. The van der Waals surface area contributed by atoms with E-state index in [1.54, 1.807) is 0 Å². The highest BCUT2D eigenvalue weighted by atomic mass is 15.1. The fourth-order valence-corrected chi connectivity index (χ4v) is 1.50. The number of likely N-dealkylation sites (tertiary alicyclic amines) is 1. The van der Waals surface area contributed by atoms with Crippen LogP contribution < -0.4 is 0 Å². The molecule has 2 nitrogen and oxygen atoms in total. The van der Waals surface area contributed by atoms with Crippen molar-refractivity contribution < 1.29 is 0 Å². The second kappa shape index (κ2) is 4.95. The van der Waals surface area contributed by atoms with Gasteiger partial charge in [0.2, 0.25) is 0 Å². The van der Waals surface area contributed by atoms with Gasteiger partial charge in [-0.1, -0.05) is 12.2 Å². The van der Waals surface area contributed by atoms with E-state index >= 15 is 0 Å². The van der Waals surface area contributed by atoms with E-state index in [0.29, 0.717) is 5.92 Å². The molecular formula is C10H16N2. The molecule has 12 heavy (non-hydrogen) atoms. The van der Waals surface area contributed by atoms with Gasteiger partial charge in [0.05, 0.1) is 6.07 Å². The molecular weight excluding hydrogens is 148 g/mol. The maximum Gasteiger partial charge on any atom is 0.0656 e. The van der Waals surface area contributed by atoms with E-state index in [0.717, 1.165) is 32.5 Å². The summed E-state index contributed by atoms with van der Waals surface area (Å²) in [5, 5.41) is 8.67. The van der Waals surface area contributed by atoms with Crippen LogP contribution in [0.25, 0.3) is 0 Å². The number of nitrogens with zero attached hydrogens (tertiary/aromatic N) is 2. The van der Waals surface area contributed by atoms with E-state index in [1.165, 1.54) is 0 Å². The molecule has 0 aromatic heterocycles. The van der Waals surface area contributed by atoms with Crippen LogP contribution in [0.2, 0.25) is 0 Å². The van der Waals surface area contributed by atoms with Crippen molar-refractivity contribution in [3.8, 4) is 6.07 Å². The van der Waals surface area contributed by atoms with Crippen molar-refractivity contribution in [1.82, 2.24) is 4.90 Å². The van der Waals surface area contributed by atoms with Crippen LogP contribution in [0.3, 0.4) is 0 Å². The maximum atomic E-state index is 8.67. The molecule has 1 fully saturated rings. The SMILES string of the molecule is C/C=C/CN1CCC(C#N)CC1. The molecule has 1 heterocycles. The zero-order valence-corrected chi connectivity index (χ0v) is 7.66. The molecule has 0 spiro atoms. The minimum Gasteiger partial charge on any atom is -0.300 e. The number of rotatable bonds is 2. The average Bonchev–Trinajstić information content (AvgIpc) is 2.15. The number of hydrogen-bond donors (Lipinski definition) is 0. The highest BCUT2D eigenvalue weighted by molar-refractivity contribution is 4.89. The highest BCUT2D eigenvalue weighted by Gasteiger charge is 2.16. The van der Waals surface area contributed by atoms with Crippen LogP contribution in [0.1, 0.15) is 19.8 Å². The molecule has 0 bridgehead atoms. The first-order valence-corrected chi connectivity index (χ1v) is 4.60. The van der Waals surface area contributed by atoms with Crippen molar-refractivity contribution >= 4 is 0 Å². The molecule has 0 aromatic carbocycles. The van der Waals surface area contributed by atoms with Crippen LogP contribution in [0.5, 0.6) is 0 Å². The van der Waals surface area contributed by atoms with Gasteiger partial charge in [0.1, 0.15) is 0 Å². The van der Waals surface area contributed by atoms with Gasteiger partial charge in [-0.05, 0) is 32.9 Å². The van der Waals surface area contributed by atoms with Gasteiger partial charge in [0.15, 0.2) is 0 Å². The first-order chi connectivity index (χ1) is 5.86. The molecule has 2 heteroatoms. The van der Waals surface area contributed by atoms with Crippen molar-refractivity contribution in [3.05, 3.63) is 12.2 Å². The van der Waals surface area contributed by atoms with Crippen molar-refractivity contribution in [1.29, 1.82) is 5.26 Å². The Morgan fingerprint density at radius 2 is 2.17 bits per heavy atom. The smallest absolute Gasteiger partial charge is 0.0656 e. The van der Waals surface area contributed by atoms with E-state index in [1.807, 2.05) is 6.92 Å². The minimum absolute atomic E-state index is 0.312. The second-order valence-electron chi connectivity index (χ2n) is 3.27. The summed E-state index contributed by atoms with van der Waals surface area (Å²) in [6.07, 6.45) is 6.35. The van der Waals surface area contributed by atoms with E-state index in [2.05, 4.69) is 23.1 Å². The lowest BCUT2D eigenvalue weighted by Gasteiger charge is -2.27. The third kappa shape index (κ3) is 2.67. The number of piperidine rings is 1. The summed E-state index contributed by atoms with van der Waals surface area (Å²) in [4.78, 5) is 2.40. The lowest BCUT2D eigenvalue weighted by molar-refractivity contribution is 0.225. The van der Waals surface area contributed by atoms with Gasteiger partial charge < -0.3 is 0 Å². The van der Waals surface area contributed by atoms with Crippen LogP contribution >= 0.6 is 0 Å². The predicted octanol–water partition coefficient (Wildman–Crippen LogP) is 1.80. The second-order valence-corrected chi connectivity index (χ2v) is 3.27. The molecule has 66 valence electrons. The molecule has 0 amide bonds. The van der Waals surface area contributed by atoms with Gasteiger partial charge >= 0.3 is 0 Å². The van der Waals surface area contributed by atoms with Crippen molar-refractivity contribution in [2.45, 2.75) is 19.8 Å². The Morgan fingerprint density at radius 1 is 1.50 bits per heavy atom. The summed E-state index contributed by atoms with van der Waals surface area (Å²) in [5.41, 5.74) is 0. The average molecular weight is 164 g/mol. The van der Waals surface area contributed by atoms with Crippen molar-refractivity contribution in [2.75, 3.05) is 19.6 Å².